The van der Waals surface area contributed by atoms with E-state index in [-0.39, 0.29) is 40.3 Å². The number of halogens is 1. The minimum Gasteiger partial charge on any atom is -0.462 e. The van der Waals surface area contributed by atoms with E-state index in [1.54, 1.807) is 0 Å². The second-order valence-corrected chi connectivity index (χ2v) is 9.03. The van der Waals surface area contributed by atoms with Gasteiger partial charge in [0, 0.05) is 16.5 Å². The van der Waals surface area contributed by atoms with Gasteiger partial charge in [0.05, 0.1) is 34.7 Å². The molecule has 10 nitrogen and oxygen atoms in total. The smallest absolute Gasteiger partial charge is 0.338 e. The molecule has 3 N–H and O–H groups in total. The topological polar surface area (TPSA) is 164 Å². The van der Waals surface area contributed by atoms with E-state index in [0.29, 0.717) is 12.8 Å². The first-order valence-electron chi connectivity index (χ1n) is 8.88. The first-order chi connectivity index (χ1) is 14.0. The van der Waals surface area contributed by atoms with E-state index in [1.807, 2.05) is 0 Å². The van der Waals surface area contributed by atoms with Gasteiger partial charge in [-0.1, -0.05) is 11.6 Å². The van der Waals surface area contributed by atoms with Crippen LogP contribution in [0.15, 0.2) is 29.2 Å². The van der Waals surface area contributed by atoms with Crippen LogP contribution in [0.2, 0.25) is 5.02 Å². The lowest BCUT2D eigenvalue weighted by Gasteiger charge is -2.29. The van der Waals surface area contributed by atoms with Crippen molar-refractivity contribution in [2.24, 2.45) is 5.92 Å². The van der Waals surface area contributed by atoms with Crippen molar-refractivity contribution < 1.29 is 37.6 Å². The number of ether oxygens (including phenoxy) is 1. The summed E-state index contributed by atoms with van der Waals surface area (Å²) in [7, 11) is -4.85. The summed E-state index contributed by atoms with van der Waals surface area (Å²) in [6, 6.07) is 4.07. The summed E-state index contributed by atoms with van der Waals surface area (Å²) in [5, 5.41) is 30.2. The summed E-state index contributed by atoms with van der Waals surface area (Å²) in [4.78, 5) is 22.4. The lowest BCUT2D eigenvalue weighted by molar-refractivity contribution is -0.383. The lowest BCUT2D eigenvalue weighted by Crippen LogP contribution is -2.32. The van der Waals surface area contributed by atoms with Gasteiger partial charge in [-0.25, -0.2) is 4.79 Å². The van der Waals surface area contributed by atoms with Gasteiger partial charge in [0.15, 0.2) is 0 Å². The van der Waals surface area contributed by atoms with Crippen molar-refractivity contribution in [3.63, 3.8) is 0 Å². The average Bonchev–Trinajstić information content (AvgIpc) is 2.63. The normalized spacial score (nSPS) is 22.1. The molecule has 2 unspecified atom stereocenters. The number of carbonyl (C=O) groups is 1. The highest BCUT2D eigenvalue weighted by Gasteiger charge is 2.28. The molecule has 0 spiro atoms. The molecule has 0 amide bonds. The maximum Gasteiger partial charge on any atom is 0.338 e. The molecular weight excluding hydrogens is 442 g/mol. The minimum absolute atomic E-state index is 0.121. The number of aliphatic hydroxyl groups excluding tert-OH is 2. The van der Waals surface area contributed by atoms with Crippen LogP contribution in [0.1, 0.15) is 29.6 Å². The molecule has 1 aliphatic carbocycles. The number of benzene rings is 2. The van der Waals surface area contributed by atoms with Crippen LogP contribution >= 0.6 is 11.6 Å². The Morgan fingerprint density at radius 2 is 1.77 bits per heavy atom. The van der Waals surface area contributed by atoms with Gasteiger partial charge in [0.2, 0.25) is 0 Å². The van der Waals surface area contributed by atoms with Gasteiger partial charge in [-0.2, -0.15) is 8.42 Å². The number of aliphatic hydroxyl groups is 2. The predicted octanol–water partition coefficient (Wildman–Crippen LogP) is 2.33. The van der Waals surface area contributed by atoms with Gasteiger partial charge < -0.3 is 14.9 Å². The Hall–Kier alpha value is -2.31. The van der Waals surface area contributed by atoms with Crippen LogP contribution in [0.3, 0.4) is 0 Å². The number of nitro benzene ring substituents is 1. The van der Waals surface area contributed by atoms with Gasteiger partial charge in [0.25, 0.3) is 15.8 Å². The monoisotopic (exact) mass is 459 g/mol. The van der Waals surface area contributed by atoms with Crippen LogP contribution in [0.25, 0.3) is 10.8 Å². The number of carbonyl (C=O) groups excluding carboxylic acids is 1. The molecule has 1 saturated carbocycles. The minimum atomic E-state index is -4.85. The zero-order chi connectivity index (χ0) is 22.2. The fourth-order valence-corrected chi connectivity index (χ4v) is 4.58. The largest absolute Gasteiger partial charge is 0.462 e. The fraction of sp³-hybridized carbons (Fsp3) is 0.389. The fourth-order valence-electron chi connectivity index (χ4n) is 3.64. The quantitative estimate of drug-likeness (QED) is 0.263. The van der Waals surface area contributed by atoms with E-state index in [4.69, 9.17) is 16.3 Å². The summed E-state index contributed by atoms with van der Waals surface area (Å²) in [5.74, 6) is -1.28. The van der Waals surface area contributed by atoms with E-state index < -0.39 is 43.8 Å². The second kappa shape index (κ2) is 8.44. The summed E-state index contributed by atoms with van der Waals surface area (Å²) < 4.78 is 38.4. The van der Waals surface area contributed by atoms with Crippen molar-refractivity contribution in [2.75, 3.05) is 6.61 Å². The third-order valence-corrected chi connectivity index (χ3v) is 6.00. The number of esters is 1. The molecule has 0 radical (unpaired) electrons. The van der Waals surface area contributed by atoms with Crippen molar-refractivity contribution in [1.29, 1.82) is 0 Å². The van der Waals surface area contributed by atoms with E-state index in [0.717, 1.165) is 24.3 Å². The standard InChI is InChI=1S/C18H18ClNO9S/c19-11-5-15-14(16(6-11)20(24)25)3-10(4-17(15)30(26,27)28)18(23)29-8-9-1-12(21)7-13(22)2-9/h3-6,9,12-13,21-22H,1-2,7-8H2,(H,26,27,28). The summed E-state index contributed by atoms with van der Waals surface area (Å²) >= 11 is 5.84. The lowest BCUT2D eigenvalue weighted by atomic mass is 9.86. The van der Waals surface area contributed by atoms with E-state index >= 15 is 0 Å². The Kier molecular flexibility index (Phi) is 6.29. The van der Waals surface area contributed by atoms with Gasteiger partial charge in [0.1, 0.15) is 4.90 Å². The molecular formula is C18H18ClNO9S. The molecule has 0 saturated heterocycles. The second-order valence-electron chi connectivity index (χ2n) is 7.21. The highest BCUT2D eigenvalue weighted by Crippen LogP contribution is 2.35. The highest BCUT2D eigenvalue weighted by molar-refractivity contribution is 7.86. The van der Waals surface area contributed by atoms with Crippen molar-refractivity contribution in [3.05, 3.63) is 45.0 Å². The number of non-ortho nitro benzene ring substituents is 1. The summed E-state index contributed by atoms with van der Waals surface area (Å²) in [5.41, 5.74) is -0.868. The van der Waals surface area contributed by atoms with E-state index in [2.05, 4.69) is 0 Å². The molecule has 2 atom stereocenters. The number of rotatable bonds is 5. The van der Waals surface area contributed by atoms with Gasteiger partial charge in [-0.3, -0.25) is 14.7 Å². The SMILES string of the molecule is O=C(OCC1CC(O)CC(O)C1)c1cc(S(=O)(=O)O)c2cc(Cl)cc([N+](=O)[O-])c2c1. The molecule has 1 fully saturated rings. The Labute approximate surface area is 175 Å². The summed E-state index contributed by atoms with van der Waals surface area (Å²) in [6.07, 6.45) is -0.572. The molecule has 2 aromatic rings. The summed E-state index contributed by atoms with van der Waals surface area (Å²) in [6.45, 7) is -0.144. The third-order valence-electron chi connectivity index (χ3n) is 4.89. The van der Waals surface area contributed by atoms with E-state index in [1.165, 1.54) is 0 Å². The number of fused-ring (bicyclic) bond motifs is 1. The molecule has 0 heterocycles. The first kappa shape index (κ1) is 22.4. The van der Waals surface area contributed by atoms with Crippen molar-refractivity contribution in [2.45, 2.75) is 36.4 Å². The molecule has 0 aromatic heterocycles. The van der Waals surface area contributed by atoms with Crippen LogP contribution in [-0.4, -0.2) is 52.9 Å². The van der Waals surface area contributed by atoms with Crippen molar-refractivity contribution >= 4 is 44.1 Å². The Balaban J connectivity index is 1.99. The Morgan fingerprint density at radius 1 is 1.13 bits per heavy atom. The zero-order valence-corrected chi connectivity index (χ0v) is 17.0. The van der Waals surface area contributed by atoms with Crippen LogP contribution in [0.5, 0.6) is 0 Å². The third kappa shape index (κ3) is 4.87. The van der Waals surface area contributed by atoms with Gasteiger partial charge in [-0.05, 0) is 43.4 Å². The molecule has 3 rings (SSSR count). The molecule has 30 heavy (non-hydrogen) atoms. The van der Waals surface area contributed by atoms with Crippen molar-refractivity contribution in [3.8, 4) is 0 Å². The van der Waals surface area contributed by atoms with E-state index in [9.17, 15) is 38.1 Å². The van der Waals surface area contributed by atoms with Gasteiger partial charge in [-0.15, -0.1) is 0 Å². The number of nitrogens with zero attached hydrogens (tertiary/aromatic N) is 1. The number of hydrogen-bond donors (Lipinski definition) is 3. The first-order valence-corrected chi connectivity index (χ1v) is 10.7. The zero-order valence-electron chi connectivity index (χ0n) is 15.4. The van der Waals surface area contributed by atoms with Crippen LogP contribution < -0.4 is 0 Å². The van der Waals surface area contributed by atoms with Gasteiger partial charge >= 0.3 is 5.97 Å². The Morgan fingerprint density at radius 3 is 2.33 bits per heavy atom. The molecule has 0 bridgehead atoms. The molecule has 12 heteroatoms. The number of hydrogen-bond acceptors (Lipinski definition) is 8. The predicted molar refractivity (Wildman–Crippen MR) is 105 cm³/mol. The molecule has 2 aromatic carbocycles. The maximum absolute atomic E-state index is 12.5. The Bertz CT molecular complexity index is 1110. The number of nitro groups is 1. The highest BCUT2D eigenvalue weighted by atomic mass is 35.5. The maximum atomic E-state index is 12.5. The van der Waals surface area contributed by atoms with Crippen LogP contribution in [0.4, 0.5) is 5.69 Å². The molecule has 0 aliphatic heterocycles. The van der Waals surface area contributed by atoms with Crippen LogP contribution in [-0.2, 0) is 14.9 Å². The molecule has 162 valence electrons. The van der Waals surface area contributed by atoms with Crippen molar-refractivity contribution in [1.82, 2.24) is 0 Å². The molecule has 1 aliphatic rings. The van der Waals surface area contributed by atoms with Crippen LogP contribution in [0, 0.1) is 16.0 Å². The average molecular weight is 460 g/mol.